The standard InChI is InChI=1S/C8H11BrN2OS/c1-5(2)11(3)8(12)7-10-4-6(9)13-7/h4-5H,1-3H3. The van der Waals surface area contributed by atoms with Crippen LogP contribution in [-0.4, -0.2) is 28.9 Å². The van der Waals surface area contributed by atoms with Crippen molar-refractivity contribution in [2.75, 3.05) is 7.05 Å². The lowest BCUT2D eigenvalue weighted by Crippen LogP contribution is -2.32. The smallest absolute Gasteiger partial charge is 0.282 e. The number of thiazole rings is 1. The number of amides is 1. The number of aromatic nitrogens is 1. The molecule has 0 N–H and O–H groups in total. The van der Waals surface area contributed by atoms with E-state index in [1.54, 1.807) is 18.1 Å². The van der Waals surface area contributed by atoms with Gasteiger partial charge < -0.3 is 4.90 Å². The molecule has 0 saturated carbocycles. The van der Waals surface area contributed by atoms with Crippen molar-refractivity contribution in [1.82, 2.24) is 9.88 Å². The Morgan fingerprint density at radius 2 is 2.31 bits per heavy atom. The predicted molar refractivity (Wildman–Crippen MR) is 57.0 cm³/mol. The molecule has 3 nitrogen and oxygen atoms in total. The third kappa shape index (κ3) is 2.51. The molecule has 0 atom stereocenters. The molecule has 0 saturated heterocycles. The summed E-state index contributed by atoms with van der Waals surface area (Å²) in [6.07, 6.45) is 1.64. The molecule has 0 aliphatic rings. The lowest BCUT2D eigenvalue weighted by Gasteiger charge is -2.19. The number of hydrogen-bond donors (Lipinski definition) is 0. The van der Waals surface area contributed by atoms with Crippen LogP contribution < -0.4 is 0 Å². The summed E-state index contributed by atoms with van der Waals surface area (Å²) in [5.41, 5.74) is 0. The summed E-state index contributed by atoms with van der Waals surface area (Å²) >= 11 is 4.63. The number of carbonyl (C=O) groups excluding carboxylic acids is 1. The number of nitrogens with zero attached hydrogens (tertiary/aromatic N) is 2. The molecule has 5 heteroatoms. The van der Waals surface area contributed by atoms with Gasteiger partial charge in [-0.25, -0.2) is 4.98 Å². The summed E-state index contributed by atoms with van der Waals surface area (Å²) in [5, 5.41) is 0.531. The maximum absolute atomic E-state index is 11.7. The Bertz CT molecular complexity index is 311. The molecule has 0 aliphatic carbocycles. The van der Waals surface area contributed by atoms with Gasteiger partial charge in [0.25, 0.3) is 5.91 Å². The highest BCUT2D eigenvalue weighted by Crippen LogP contribution is 2.20. The molecule has 0 aliphatic heterocycles. The first kappa shape index (κ1) is 10.7. The summed E-state index contributed by atoms with van der Waals surface area (Å²) in [4.78, 5) is 17.3. The van der Waals surface area contributed by atoms with Crippen LogP contribution in [0.2, 0.25) is 0 Å². The highest BCUT2D eigenvalue weighted by molar-refractivity contribution is 9.11. The molecule has 1 aromatic rings. The number of halogens is 1. The molecule has 1 aromatic heterocycles. The largest absolute Gasteiger partial charge is 0.337 e. The van der Waals surface area contributed by atoms with Crippen LogP contribution in [0.15, 0.2) is 9.98 Å². The van der Waals surface area contributed by atoms with E-state index in [2.05, 4.69) is 20.9 Å². The molecule has 0 spiro atoms. The van der Waals surface area contributed by atoms with E-state index in [1.165, 1.54) is 11.3 Å². The Morgan fingerprint density at radius 1 is 1.69 bits per heavy atom. The van der Waals surface area contributed by atoms with E-state index in [0.717, 1.165) is 3.79 Å². The van der Waals surface area contributed by atoms with Crippen molar-refractivity contribution in [2.45, 2.75) is 19.9 Å². The van der Waals surface area contributed by atoms with Gasteiger partial charge in [-0.3, -0.25) is 4.79 Å². The first-order valence-electron chi connectivity index (χ1n) is 3.91. The third-order valence-corrected chi connectivity index (χ3v) is 3.22. The number of rotatable bonds is 2. The van der Waals surface area contributed by atoms with Crippen molar-refractivity contribution in [3.8, 4) is 0 Å². The van der Waals surface area contributed by atoms with Crippen LogP contribution in [-0.2, 0) is 0 Å². The average Bonchev–Trinajstić information content (AvgIpc) is 2.49. The number of carbonyl (C=O) groups is 1. The Kier molecular flexibility index (Phi) is 3.44. The van der Waals surface area contributed by atoms with Gasteiger partial charge in [-0.15, -0.1) is 11.3 Å². The van der Waals surface area contributed by atoms with Crippen LogP contribution in [0.1, 0.15) is 23.6 Å². The van der Waals surface area contributed by atoms with Gasteiger partial charge in [-0.05, 0) is 29.8 Å². The topological polar surface area (TPSA) is 33.2 Å². The van der Waals surface area contributed by atoms with Gasteiger partial charge in [0.2, 0.25) is 0 Å². The zero-order valence-corrected chi connectivity index (χ0v) is 10.1. The van der Waals surface area contributed by atoms with Gasteiger partial charge in [-0.1, -0.05) is 0 Å². The van der Waals surface area contributed by atoms with E-state index >= 15 is 0 Å². The van der Waals surface area contributed by atoms with E-state index in [-0.39, 0.29) is 11.9 Å². The molecule has 72 valence electrons. The Labute approximate surface area is 89.9 Å². The molecule has 0 radical (unpaired) electrons. The highest BCUT2D eigenvalue weighted by Gasteiger charge is 2.17. The molecule has 1 rings (SSSR count). The zero-order valence-electron chi connectivity index (χ0n) is 7.74. The van der Waals surface area contributed by atoms with Crippen molar-refractivity contribution >= 4 is 33.2 Å². The fraction of sp³-hybridized carbons (Fsp3) is 0.500. The second kappa shape index (κ2) is 4.19. The van der Waals surface area contributed by atoms with Crippen LogP contribution >= 0.6 is 27.3 Å². The SMILES string of the molecule is CC(C)N(C)C(=O)c1ncc(Br)s1. The van der Waals surface area contributed by atoms with Crippen molar-refractivity contribution in [3.63, 3.8) is 0 Å². The molecule has 0 unspecified atom stereocenters. The summed E-state index contributed by atoms with van der Waals surface area (Å²) in [6, 6.07) is 0.204. The Balaban J connectivity index is 2.79. The summed E-state index contributed by atoms with van der Waals surface area (Å²) < 4.78 is 0.882. The maximum Gasteiger partial charge on any atom is 0.282 e. The minimum atomic E-state index is -0.0225. The van der Waals surface area contributed by atoms with Crippen LogP contribution in [0, 0.1) is 0 Å². The van der Waals surface area contributed by atoms with Crippen molar-refractivity contribution in [2.24, 2.45) is 0 Å². The van der Waals surface area contributed by atoms with Crippen LogP contribution in [0.25, 0.3) is 0 Å². The molecule has 13 heavy (non-hydrogen) atoms. The lowest BCUT2D eigenvalue weighted by molar-refractivity contribution is 0.0754. The van der Waals surface area contributed by atoms with Crippen molar-refractivity contribution in [3.05, 3.63) is 15.0 Å². The van der Waals surface area contributed by atoms with E-state index in [9.17, 15) is 4.79 Å². The minimum Gasteiger partial charge on any atom is -0.337 e. The third-order valence-electron chi connectivity index (χ3n) is 1.76. The van der Waals surface area contributed by atoms with Crippen LogP contribution in [0.5, 0.6) is 0 Å². The first-order valence-corrected chi connectivity index (χ1v) is 5.52. The number of hydrogen-bond acceptors (Lipinski definition) is 3. The predicted octanol–water partition coefficient (Wildman–Crippen LogP) is 2.39. The van der Waals surface area contributed by atoms with E-state index in [4.69, 9.17) is 0 Å². The average molecular weight is 263 g/mol. The second-order valence-electron chi connectivity index (χ2n) is 2.98. The summed E-state index contributed by atoms with van der Waals surface area (Å²) in [5.74, 6) is -0.0225. The molecular formula is C8H11BrN2OS. The van der Waals surface area contributed by atoms with Gasteiger partial charge in [0, 0.05) is 13.1 Å². The second-order valence-corrected chi connectivity index (χ2v) is 5.39. The van der Waals surface area contributed by atoms with Gasteiger partial charge >= 0.3 is 0 Å². The lowest BCUT2D eigenvalue weighted by atomic mass is 10.3. The molecule has 1 heterocycles. The monoisotopic (exact) mass is 262 g/mol. The van der Waals surface area contributed by atoms with Gasteiger partial charge in [-0.2, -0.15) is 0 Å². The van der Waals surface area contributed by atoms with E-state index in [1.807, 2.05) is 13.8 Å². The quantitative estimate of drug-likeness (QED) is 0.820. The molecule has 0 aromatic carbocycles. The molecular weight excluding hydrogens is 252 g/mol. The van der Waals surface area contributed by atoms with Crippen LogP contribution in [0.4, 0.5) is 0 Å². The maximum atomic E-state index is 11.7. The normalized spacial score (nSPS) is 10.5. The molecule has 0 fully saturated rings. The highest BCUT2D eigenvalue weighted by atomic mass is 79.9. The van der Waals surface area contributed by atoms with Gasteiger partial charge in [0.1, 0.15) is 0 Å². The molecule has 0 bridgehead atoms. The first-order chi connectivity index (χ1) is 6.02. The van der Waals surface area contributed by atoms with Crippen molar-refractivity contribution in [1.29, 1.82) is 0 Å². The van der Waals surface area contributed by atoms with Gasteiger partial charge in [0.15, 0.2) is 5.01 Å². The Hall–Kier alpha value is -0.420. The van der Waals surface area contributed by atoms with Crippen molar-refractivity contribution < 1.29 is 4.79 Å². The summed E-state index contributed by atoms with van der Waals surface area (Å²) in [7, 11) is 1.78. The fourth-order valence-electron chi connectivity index (χ4n) is 0.739. The minimum absolute atomic E-state index is 0.0225. The van der Waals surface area contributed by atoms with Gasteiger partial charge in [0.05, 0.1) is 9.98 Å². The zero-order chi connectivity index (χ0) is 10.0. The fourth-order valence-corrected chi connectivity index (χ4v) is 1.93. The molecule has 1 amide bonds. The van der Waals surface area contributed by atoms with Crippen LogP contribution in [0.3, 0.4) is 0 Å². The van der Waals surface area contributed by atoms with E-state index in [0.29, 0.717) is 5.01 Å². The Morgan fingerprint density at radius 3 is 2.69 bits per heavy atom. The van der Waals surface area contributed by atoms with E-state index < -0.39 is 0 Å². The summed E-state index contributed by atoms with van der Waals surface area (Å²) in [6.45, 7) is 3.95.